The number of benzene rings is 2. The average Bonchev–Trinajstić information content (AvgIpc) is 2.89. The summed E-state index contributed by atoms with van der Waals surface area (Å²) in [6.07, 6.45) is 1.97. The molecule has 0 saturated carbocycles. The fourth-order valence-electron chi connectivity index (χ4n) is 1.93. The van der Waals surface area contributed by atoms with Crippen molar-refractivity contribution in [3.05, 3.63) is 46.9 Å². The van der Waals surface area contributed by atoms with E-state index in [1.54, 1.807) is 59.5 Å². The molecule has 0 unspecified atom stereocenters. The van der Waals surface area contributed by atoms with Gasteiger partial charge in [-0.05, 0) is 52.5 Å². The zero-order valence-electron chi connectivity index (χ0n) is 11.4. The molecule has 8 heteroatoms. The lowest BCUT2D eigenvalue weighted by Gasteiger charge is -2.09. The molecule has 22 heavy (non-hydrogen) atoms. The molecule has 1 heterocycles. The van der Waals surface area contributed by atoms with Gasteiger partial charge in [0.05, 0.1) is 15.9 Å². The van der Waals surface area contributed by atoms with E-state index in [1.807, 2.05) is 12.3 Å². The summed E-state index contributed by atoms with van der Waals surface area (Å²) in [7, 11) is -3.63. The topological polar surface area (TPSA) is 59.1 Å². The molecule has 0 aliphatic rings. The SMILES string of the molecule is CSc1nc2ccc(NS(=O)(=O)c3ccccc3Br)cc2s1. The lowest BCUT2D eigenvalue weighted by molar-refractivity contribution is 0.601. The molecule has 0 atom stereocenters. The fraction of sp³-hybridized carbons (Fsp3) is 0.0714. The maximum absolute atomic E-state index is 12.5. The Morgan fingerprint density at radius 1 is 1.23 bits per heavy atom. The quantitative estimate of drug-likeness (QED) is 0.634. The number of nitrogens with zero attached hydrogens (tertiary/aromatic N) is 1. The van der Waals surface area contributed by atoms with E-state index in [4.69, 9.17) is 0 Å². The largest absolute Gasteiger partial charge is 0.280 e. The molecule has 0 fully saturated rings. The Hall–Kier alpha value is -1.09. The first kappa shape index (κ1) is 15.8. The molecule has 114 valence electrons. The van der Waals surface area contributed by atoms with Crippen LogP contribution in [0.25, 0.3) is 10.2 Å². The van der Waals surface area contributed by atoms with Crippen molar-refractivity contribution in [3.8, 4) is 0 Å². The molecule has 0 bridgehead atoms. The third kappa shape index (κ3) is 3.15. The van der Waals surface area contributed by atoms with Gasteiger partial charge in [0.25, 0.3) is 10.0 Å². The van der Waals surface area contributed by atoms with E-state index >= 15 is 0 Å². The van der Waals surface area contributed by atoms with Crippen molar-refractivity contribution < 1.29 is 8.42 Å². The third-order valence-electron chi connectivity index (χ3n) is 2.92. The van der Waals surface area contributed by atoms with Crippen LogP contribution in [-0.2, 0) is 10.0 Å². The lowest BCUT2D eigenvalue weighted by atomic mass is 10.3. The van der Waals surface area contributed by atoms with Crippen LogP contribution in [0.15, 0.2) is 56.2 Å². The van der Waals surface area contributed by atoms with E-state index in [0.717, 1.165) is 14.6 Å². The Labute approximate surface area is 145 Å². The molecule has 1 N–H and O–H groups in total. The predicted molar refractivity (Wildman–Crippen MR) is 96.4 cm³/mol. The van der Waals surface area contributed by atoms with Crippen molar-refractivity contribution in [2.24, 2.45) is 0 Å². The number of hydrogen-bond acceptors (Lipinski definition) is 5. The van der Waals surface area contributed by atoms with Gasteiger partial charge in [-0.1, -0.05) is 23.9 Å². The fourth-order valence-corrected chi connectivity index (χ4v) is 5.51. The number of anilines is 1. The van der Waals surface area contributed by atoms with Gasteiger partial charge in [-0.15, -0.1) is 11.3 Å². The van der Waals surface area contributed by atoms with Crippen molar-refractivity contribution in [2.45, 2.75) is 9.24 Å². The number of aromatic nitrogens is 1. The van der Waals surface area contributed by atoms with Gasteiger partial charge in [0.1, 0.15) is 4.90 Å². The minimum Gasteiger partial charge on any atom is -0.280 e. The van der Waals surface area contributed by atoms with Crippen LogP contribution < -0.4 is 4.72 Å². The van der Waals surface area contributed by atoms with Gasteiger partial charge in [-0.3, -0.25) is 4.72 Å². The van der Waals surface area contributed by atoms with Gasteiger partial charge >= 0.3 is 0 Å². The summed E-state index contributed by atoms with van der Waals surface area (Å²) >= 11 is 6.39. The Morgan fingerprint density at radius 2 is 2.00 bits per heavy atom. The number of halogens is 1. The smallest absolute Gasteiger partial charge is 0.263 e. The molecule has 0 aliphatic carbocycles. The first-order valence-electron chi connectivity index (χ1n) is 6.21. The predicted octanol–water partition coefficient (Wildman–Crippen LogP) is 4.58. The highest BCUT2D eigenvalue weighted by atomic mass is 79.9. The molecule has 1 aromatic heterocycles. The number of thioether (sulfide) groups is 1. The van der Waals surface area contributed by atoms with Crippen LogP contribution in [0.3, 0.4) is 0 Å². The molecular formula is C14H11BrN2O2S3. The molecule has 0 aliphatic heterocycles. The second-order valence-electron chi connectivity index (χ2n) is 4.40. The molecular weight excluding hydrogens is 404 g/mol. The Kier molecular flexibility index (Phi) is 4.44. The minimum atomic E-state index is -3.63. The van der Waals surface area contributed by atoms with E-state index in [1.165, 1.54) is 0 Å². The van der Waals surface area contributed by atoms with Crippen molar-refractivity contribution >= 4 is 65.0 Å². The van der Waals surface area contributed by atoms with Gasteiger partial charge in [-0.25, -0.2) is 13.4 Å². The van der Waals surface area contributed by atoms with Crippen LogP contribution in [0.4, 0.5) is 5.69 Å². The average molecular weight is 415 g/mol. The number of hydrogen-bond donors (Lipinski definition) is 1. The summed E-state index contributed by atoms with van der Waals surface area (Å²) in [6.45, 7) is 0. The van der Waals surface area contributed by atoms with Crippen LogP contribution in [0.1, 0.15) is 0 Å². The zero-order chi connectivity index (χ0) is 15.7. The maximum Gasteiger partial charge on any atom is 0.263 e. The molecule has 0 saturated heterocycles. The molecule has 2 aromatic carbocycles. The van der Waals surface area contributed by atoms with Gasteiger partial charge in [-0.2, -0.15) is 0 Å². The summed E-state index contributed by atoms with van der Waals surface area (Å²) in [5.74, 6) is 0. The summed E-state index contributed by atoms with van der Waals surface area (Å²) in [5.41, 5.74) is 1.40. The van der Waals surface area contributed by atoms with E-state index in [9.17, 15) is 8.42 Å². The van der Waals surface area contributed by atoms with Crippen LogP contribution in [0, 0.1) is 0 Å². The van der Waals surface area contributed by atoms with E-state index in [2.05, 4.69) is 25.6 Å². The Balaban J connectivity index is 1.97. The van der Waals surface area contributed by atoms with Crippen molar-refractivity contribution in [3.63, 3.8) is 0 Å². The van der Waals surface area contributed by atoms with Crippen LogP contribution in [0.5, 0.6) is 0 Å². The minimum absolute atomic E-state index is 0.212. The van der Waals surface area contributed by atoms with Gasteiger partial charge in [0, 0.05) is 4.47 Å². The molecule has 0 amide bonds. The van der Waals surface area contributed by atoms with E-state index in [0.29, 0.717) is 10.2 Å². The standard InChI is InChI=1S/C14H11BrN2O2S3/c1-20-14-16-11-7-6-9(8-12(11)21-14)17-22(18,19)13-5-3-2-4-10(13)15/h2-8,17H,1H3. The Bertz CT molecular complexity index is 938. The normalized spacial score (nSPS) is 11.7. The summed E-state index contributed by atoms with van der Waals surface area (Å²) < 4.78 is 30.0. The van der Waals surface area contributed by atoms with Crippen molar-refractivity contribution in [1.82, 2.24) is 4.98 Å². The monoisotopic (exact) mass is 414 g/mol. The number of sulfonamides is 1. The molecule has 4 nitrogen and oxygen atoms in total. The first-order chi connectivity index (χ1) is 10.5. The zero-order valence-corrected chi connectivity index (χ0v) is 15.4. The third-order valence-corrected chi connectivity index (χ3v) is 7.32. The molecule has 3 rings (SSSR count). The molecule has 0 radical (unpaired) electrons. The van der Waals surface area contributed by atoms with Crippen molar-refractivity contribution in [2.75, 3.05) is 11.0 Å². The second kappa shape index (κ2) is 6.19. The Morgan fingerprint density at radius 3 is 2.73 bits per heavy atom. The van der Waals surface area contributed by atoms with Gasteiger partial charge in [0.15, 0.2) is 4.34 Å². The van der Waals surface area contributed by atoms with E-state index < -0.39 is 10.0 Å². The van der Waals surface area contributed by atoms with Gasteiger partial charge in [0.2, 0.25) is 0 Å². The highest BCUT2D eigenvalue weighted by molar-refractivity contribution is 9.10. The summed E-state index contributed by atoms with van der Waals surface area (Å²) in [6, 6.07) is 12.1. The van der Waals surface area contributed by atoms with Crippen LogP contribution in [-0.4, -0.2) is 19.7 Å². The number of nitrogens with one attached hydrogen (secondary N) is 1. The number of thiazole rings is 1. The maximum atomic E-state index is 12.5. The highest BCUT2D eigenvalue weighted by Gasteiger charge is 2.17. The van der Waals surface area contributed by atoms with E-state index in [-0.39, 0.29) is 4.90 Å². The summed E-state index contributed by atoms with van der Waals surface area (Å²) in [5, 5.41) is 0. The summed E-state index contributed by atoms with van der Waals surface area (Å²) in [4.78, 5) is 4.65. The number of fused-ring (bicyclic) bond motifs is 1. The van der Waals surface area contributed by atoms with Crippen LogP contribution >= 0.6 is 39.0 Å². The highest BCUT2D eigenvalue weighted by Crippen LogP contribution is 2.31. The molecule has 3 aromatic rings. The van der Waals surface area contributed by atoms with Crippen molar-refractivity contribution in [1.29, 1.82) is 0 Å². The number of rotatable bonds is 4. The van der Waals surface area contributed by atoms with Crippen LogP contribution in [0.2, 0.25) is 0 Å². The van der Waals surface area contributed by atoms with Gasteiger partial charge < -0.3 is 0 Å². The first-order valence-corrected chi connectivity index (χ1v) is 10.5. The lowest BCUT2D eigenvalue weighted by Crippen LogP contribution is -2.13. The molecule has 0 spiro atoms. The second-order valence-corrected chi connectivity index (χ2v) is 8.99.